The average molecular weight is 384 g/mol. The average Bonchev–Trinajstić information content (AvgIpc) is 2.86. The van der Waals surface area contributed by atoms with Crippen LogP contribution in [0.1, 0.15) is 6.92 Å². The summed E-state index contributed by atoms with van der Waals surface area (Å²) < 4.78 is 20.4. The van der Waals surface area contributed by atoms with Crippen molar-refractivity contribution in [3.8, 4) is 0 Å². The van der Waals surface area contributed by atoms with E-state index in [1.54, 1.807) is 0 Å². The zero-order valence-corrected chi connectivity index (χ0v) is 13.9. The SMILES string of the molecule is CC(=O)OC[C@@H]1O[C@H](O[C@]2(CO)O[C@@H](CO)[C@H](O)[C@H]2O)[C@@H](O)[C@@H](O)[C@H]1O. The molecular formula is C14H24O12. The molecule has 2 aliphatic heterocycles. The minimum atomic E-state index is -2.26. The number of esters is 1. The van der Waals surface area contributed by atoms with Gasteiger partial charge in [-0.3, -0.25) is 4.79 Å². The van der Waals surface area contributed by atoms with Crippen molar-refractivity contribution in [2.45, 2.75) is 61.7 Å². The molecule has 12 heteroatoms. The molecule has 0 spiro atoms. The molecule has 2 aliphatic rings. The van der Waals surface area contributed by atoms with Crippen LogP contribution >= 0.6 is 0 Å². The van der Waals surface area contributed by atoms with Gasteiger partial charge in [-0.2, -0.15) is 0 Å². The molecule has 152 valence electrons. The quantitative estimate of drug-likeness (QED) is 0.216. The molecule has 0 aliphatic carbocycles. The molecule has 0 bridgehead atoms. The maximum atomic E-state index is 10.9. The zero-order valence-electron chi connectivity index (χ0n) is 13.9. The Balaban J connectivity index is 2.16. The van der Waals surface area contributed by atoms with Gasteiger partial charge < -0.3 is 54.7 Å². The van der Waals surface area contributed by atoms with Crippen molar-refractivity contribution in [3.63, 3.8) is 0 Å². The summed E-state index contributed by atoms with van der Waals surface area (Å²) in [5.41, 5.74) is 0. The monoisotopic (exact) mass is 384 g/mol. The minimum absolute atomic E-state index is 0.461. The number of hydrogen-bond donors (Lipinski definition) is 7. The summed E-state index contributed by atoms with van der Waals surface area (Å²) in [6, 6.07) is 0. The first-order chi connectivity index (χ1) is 12.2. The lowest BCUT2D eigenvalue weighted by Gasteiger charge is -2.43. The number of ether oxygens (including phenoxy) is 4. The van der Waals surface area contributed by atoms with Crippen molar-refractivity contribution in [3.05, 3.63) is 0 Å². The summed E-state index contributed by atoms with van der Waals surface area (Å²) in [7, 11) is 0. The topological polar surface area (TPSA) is 196 Å². The molecule has 0 aromatic rings. The van der Waals surface area contributed by atoms with Crippen LogP contribution in [-0.2, 0) is 23.7 Å². The van der Waals surface area contributed by atoms with Crippen LogP contribution in [0.5, 0.6) is 0 Å². The van der Waals surface area contributed by atoms with E-state index in [9.17, 15) is 35.4 Å². The number of carbonyl (C=O) groups is 1. The predicted octanol–water partition coefficient (Wildman–Crippen LogP) is -4.82. The van der Waals surface area contributed by atoms with Crippen LogP contribution in [0.25, 0.3) is 0 Å². The largest absolute Gasteiger partial charge is 0.463 e. The number of aliphatic hydroxyl groups excluding tert-OH is 7. The van der Waals surface area contributed by atoms with E-state index >= 15 is 0 Å². The Morgan fingerprint density at radius 1 is 1.00 bits per heavy atom. The van der Waals surface area contributed by atoms with Crippen LogP contribution in [0.3, 0.4) is 0 Å². The first-order valence-corrected chi connectivity index (χ1v) is 7.93. The molecule has 0 aromatic carbocycles. The summed E-state index contributed by atoms with van der Waals surface area (Å²) in [6.07, 6.45) is -12.9. The van der Waals surface area contributed by atoms with Crippen LogP contribution in [0, 0.1) is 0 Å². The van der Waals surface area contributed by atoms with Gasteiger partial charge in [0.1, 0.15) is 55.9 Å². The van der Waals surface area contributed by atoms with E-state index in [4.69, 9.17) is 24.1 Å². The van der Waals surface area contributed by atoms with Gasteiger partial charge in [0.2, 0.25) is 5.79 Å². The van der Waals surface area contributed by atoms with Crippen LogP contribution in [0.2, 0.25) is 0 Å². The fraction of sp³-hybridized carbons (Fsp3) is 0.929. The second-order valence-electron chi connectivity index (χ2n) is 6.18. The van der Waals surface area contributed by atoms with E-state index in [2.05, 4.69) is 0 Å². The molecule has 0 unspecified atom stereocenters. The molecule has 26 heavy (non-hydrogen) atoms. The van der Waals surface area contributed by atoms with Crippen LogP contribution < -0.4 is 0 Å². The third kappa shape index (κ3) is 3.99. The third-order valence-corrected chi connectivity index (χ3v) is 4.34. The first kappa shape index (κ1) is 21.4. The molecule has 2 saturated heterocycles. The van der Waals surface area contributed by atoms with Crippen LogP contribution in [0.15, 0.2) is 0 Å². The second kappa shape index (κ2) is 8.39. The van der Waals surface area contributed by atoms with Crippen molar-refractivity contribution in [1.29, 1.82) is 0 Å². The van der Waals surface area contributed by atoms with Crippen molar-refractivity contribution < 1.29 is 59.5 Å². The lowest BCUT2D eigenvalue weighted by molar-refractivity contribution is -0.383. The van der Waals surface area contributed by atoms with Gasteiger partial charge in [-0.1, -0.05) is 0 Å². The fourth-order valence-electron chi connectivity index (χ4n) is 2.82. The smallest absolute Gasteiger partial charge is 0.302 e. The Kier molecular flexibility index (Phi) is 6.90. The standard InChI is InChI=1S/C14H24O12/c1-5(17)23-3-7-8(18)10(20)11(21)13(24-7)26-14(4-16)12(22)9(19)6(2-15)25-14/h6-13,15-16,18-22H,2-4H2,1H3/t6-,7-,8-,9-,10-,11-,12+,13+,14-/m0/s1. The first-order valence-electron chi connectivity index (χ1n) is 7.93. The van der Waals surface area contributed by atoms with Crippen molar-refractivity contribution >= 4 is 5.97 Å². The normalized spacial score (nSPS) is 46.3. The van der Waals surface area contributed by atoms with Gasteiger partial charge in [0, 0.05) is 6.92 Å². The number of carbonyl (C=O) groups excluding carboxylic acids is 1. The second-order valence-corrected chi connectivity index (χ2v) is 6.18. The highest BCUT2D eigenvalue weighted by Gasteiger charge is 2.58. The van der Waals surface area contributed by atoms with Gasteiger partial charge in [-0.05, 0) is 0 Å². The molecule has 0 aromatic heterocycles. The fourth-order valence-corrected chi connectivity index (χ4v) is 2.82. The maximum absolute atomic E-state index is 10.9. The van der Waals surface area contributed by atoms with Gasteiger partial charge in [0.25, 0.3) is 0 Å². The molecule has 0 radical (unpaired) electrons. The highest BCUT2D eigenvalue weighted by Crippen LogP contribution is 2.35. The molecular weight excluding hydrogens is 360 g/mol. The summed E-state index contributed by atoms with van der Waals surface area (Å²) in [5, 5.41) is 68.6. The Morgan fingerprint density at radius 2 is 1.65 bits per heavy atom. The minimum Gasteiger partial charge on any atom is -0.463 e. The number of hydrogen-bond acceptors (Lipinski definition) is 12. The Bertz CT molecular complexity index is 489. The summed E-state index contributed by atoms with van der Waals surface area (Å²) in [5.74, 6) is -2.93. The van der Waals surface area contributed by atoms with Crippen LogP contribution in [-0.4, -0.2) is 116 Å². The molecule has 2 heterocycles. The summed E-state index contributed by atoms with van der Waals surface area (Å²) >= 11 is 0. The van der Waals surface area contributed by atoms with Gasteiger partial charge in [0.05, 0.1) is 6.61 Å². The predicted molar refractivity (Wildman–Crippen MR) is 78.2 cm³/mol. The van der Waals surface area contributed by atoms with E-state index in [-0.39, 0.29) is 0 Å². The Morgan fingerprint density at radius 3 is 2.15 bits per heavy atom. The van der Waals surface area contributed by atoms with Crippen LogP contribution in [0.4, 0.5) is 0 Å². The molecule has 2 rings (SSSR count). The highest BCUT2D eigenvalue weighted by molar-refractivity contribution is 5.65. The molecule has 7 N–H and O–H groups in total. The zero-order chi connectivity index (χ0) is 19.6. The molecule has 12 nitrogen and oxygen atoms in total. The summed E-state index contributed by atoms with van der Waals surface area (Å²) in [6.45, 7) is -1.01. The lowest BCUT2D eigenvalue weighted by atomic mass is 9.99. The number of rotatable bonds is 6. The third-order valence-electron chi connectivity index (χ3n) is 4.34. The molecule has 0 saturated carbocycles. The van der Waals surface area contributed by atoms with Gasteiger partial charge in [-0.15, -0.1) is 0 Å². The van der Waals surface area contributed by atoms with Gasteiger partial charge in [0.15, 0.2) is 6.29 Å². The molecule has 9 atom stereocenters. The molecule has 2 fully saturated rings. The Hall–Kier alpha value is -0.930. The number of aliphatic hydroxyl groups is 7. The van der Waals surface area contributed by atoms with E-state index < -0.39 is 80.6 Å². The van der Waals surface area contributed by atoms with E-state index in [0.29, 0.717) is 0 Å². The maximum Gasteiger partial charge on any atom is 0.302 e. The summed E-state index contributed by atoms with van der Waals surface area (Å²) in [4.78, 5) is 10.9. The van der Waals surface area contributed by atoms with Gasteiger partial charge >= 0.3 is 5.97 Å². The Labute approximate surface area is 148 Å². The van der Waals surface area contributed by atoms with E-state index in [1.165, 1.54) is 0 Å². The lowest BCUT2D eigenvalue weighted by Crippen LogP contribution is -2.62. The molecule has 0 amide bonds. The van der Waals surface area contributed by atoms with Gasteiger partial charge in [-0.25, -0.2) is 0 Å². The van der Waals surface area contributed by atoms with Crippen molar-refractivity contribution in [2.75, 3.05) is 19.8 Å². The van der Waals surface area contributed by atoms with Crippen molar-refractivity contribution in [1.82, 2.24) is 0 Å². The highest BCUT2D eigenvalue weighted by atomic mass is 16.8. The van der Waals surface area contributed by atoms with Crippen molar-refractivity contribution in [2.24, 2.45) is 0 Å². The van der Waals surface area contributed by atoms with E-state index in [0.717, 1.165) is 6.92 Å². The van der Waals surface area contributed by atoms with E-state index in [1.807, 2.05) is 0 Å².